The number of carbonyl (C=O) groups is 2. The minimum atomic E-state index is -0.217. The van der Waals surface area contributed by atoms with E-state index in [1.807, 2.05) is 42.2 Å². The van der Waals surface area contributed by atoms with Crippen molar-refractivity contribution in [1.82, 2.24) is 15.5 Å². The van der Waals surface area contributed by atoms with E-state index in [4.69, 9.17) is 0 Å². The van der Waals surface area contributed by atoms with E-state index in [9.17, 15) is 9.59 Å². The molecule has 2 saturated heterocycles. The molecule has 1 aromatic rings. The number of rotatable bonds is 6. The highest BCUT2D eigenvalue weighted by molar-refractivity contribution is 5.89. The second-order valence-corrected chi connectivity index (χ2v) is 6.97. The summed E-state index contributed by atoms with van der Waals surface area (Å²) >= 11 is 0. The molecule has 138 valence electrons. The van der Waals surface area contributed by atoms with E-state index in [1.165, 1.54) is 6.42 Å². The Morgan fingerprint density at radius 2 is 2.12 bits per heavy atom. The predicted octanol–water partition coefficient (Wildman–Crippen LogP) is 2.13. The van der Waals surface area contributed by atoms with Gasteiger partial charge < -0.3 is 15.5 Å². The highest BCUT2D eigenvalue weighted by Gasteiger charge is 2.36. The van der Waals surface area contributed by atoms with E-state index in [0.29, 0.717) is 25.4 Å². The van der Waals surface area contributed by atoms with Gasteiger partial charge in [-0.05, 0) is 44.3 Å². The van der Waals surface area contributed by atoms with Crippen LogP contribution in [0.25, 0.3) is 0 Å². The predicted molar refractivity (Wildman–Crippen MR) is 101 cm³/mol. The van der Waals surface area contributed by atoms with Gasteiger partial charge in [0.25, 0.3) is 0 Å². The number of carbonyl (C=O) groups excluding carboxylic acids is 2. The van der Waals surface area contributed by atoms with Gasteiger partial charge in [-0.25, -0.2) is 0 Å². The normalized spacial score (nSPS) is 24.0. The third kappa shape index (κ3) is 4.95. The molecule has 6 heteroatoms. The standard InChI is InChI=1S/C19H27N3O2.ClH/c1-14(16-5-3-2-4-6-16)22-13-17(11-18(22)23)19(24)21-10-8-15-7-9-20-12-15;/h2-6,14-15,17,20H,7-13H2,1H3,(H,21,24);1H. The third-order valence-electron chi connectivity index (χ3n) is 5.29. The van der Waals surface area contributed by atoms with E-state index in [1.54, 1.807) is 0 Å². The Hall–Kier alpha value is -1.59. The lowest BCUT2D eigenvalue weighted by molar-refractivity contribution is -0.130. The van der Waals surface area contributed by atoms with Crippen molar-refractivity contribution in [2.75, 3.05) is 26.2 Å². The molecule has 2 heterocycles. The van der Waals surface area contributed by atoms with Crippen LogP contribution in [-0.4, -0.2) is 42.9 Å². The zero-order chi connectivity index (χ0) is 16.9. The monoisotopic (exact) mass is 365 g/mol. The Labute approximate surface area is 155 Å². The van der Waals surface area contributed by atoms with E-state index < -0.39 is 0 Å². The van der Waals surface area contributed by atoms with Crippen molar-refractivity contribution in [3.8, 4) is 0 Å². The van der Waals surface area contributed by atoms with Crippen LogP contribution in [0.4, 0.5) is 0 Å². The van der Waals surface area contributed by atoms with Crippen LogP contribution < -0.4 is 10.6 Å². The van der Waals surface area contributed by atoms with Crippen molar-refractivity contribution in [1.29, 1.82) is 0 Å². The van der Waals surface area contributed by atoms with Crippen molar-refractivity contribution in [3.05, 3.63) is 35.9 Å². The topological polar surface area (TPSA) is 61.4 Å². The van der Waals surface area contributed by atoms with E-state index in [-0.39, 0.29) is 36.2 Å². The van der Waals surface area contributed by atoms with Crippen molar-refractivity contribution in [3.63, 3.8) is 0 Å². The first-order valence-electron chi connectivity index (χ1n) is 8.98. The second kappa shape index (κ2) is 9.20. The summed E-state index contributed by atoms with van der Waals surface area (Å²) in [7, 11) is 0. The van der Waals surface area contributed by atoms with Crippen molar-refractivity contribution < 1.29 is 9.59 Å². The fraction of sp³-hybridized carbons (Fsp3) is 0.579. The number of nitrogens with one attached hydrogen (secondary N) is 2. The number of hydrogen-bond acceptors (Lipinski definition) is 3. The van der Waals surface area contributed by atoms with Gasteiger partial charge in [0.05, 0.1) is 12.0 Å². The highest BCUT2D eigenvalue weighted by atomic mass is 35.5. The lowest BCUT2D eigenvalue weighted by Crippen LogP contribution is -2.34. The summed E-state index contributed by atoms with van der Waals surface area (Å²) in [4.78, 5) is 26.5. The average molecular weight is 366 g/mol. The van der Waals surface area contributed by atoms with Crippen LogP contribution in [0.1, 0.15) is 37.8 Å². The number of halogens is 1. The van der Waals surface area contributed by atoms with Gasteiger partial charge in [-0.15, -0.1) is 12.4 Å². The molecular formula is C19H28ClN3O2. The Morgan fingerprint density at radius 1 is 1.36 bits per heavy atom. The van der Waals surface area contributed by atoms with E-state index in [0.717, 1.165) is 25.1 Å². The zero-order valence-electron chi connectivity index (χ0n) is 14.7. The maximum atomic E-state index is 12.4. The second-order valence-electron chi connectivity index (χ2n) is 6.97. The van der Waals surface area contributed by atoms with E-state index in [2.05, 4.69) is 10.6 Å². The van der Waals surface area contributed by atoms with Gasteiger partial charge in [0, 0.05) is 19.5 Å². The molecule has 0 radical (unpaired) electrons. The molecule has 0 spiro atoms. The minimum absolute atomic E-state index is 0. The van der Waals surface area contributed by atoms with E-state index >= 15 is 0 Å². The number of nitrogens with zero attached hydrogens (tertiary/aromatic N) is 1. The van der Waals surface area contributed by atoms with Gasteiger partial charge in [-0.1, -0.05) is 30.3 Å². The molecule has 3 atom stereocenters. The smallest absolute Gasteiger partial charge is 0.225 e. The number of benzene rings is 1. The van der Waals surface area contributed by atoms with Crippen molar-refractivity contribution in [2.45, 2.75) is 32.2 Å². The van der Waals surface area contributed by atoms with Crippen LogP contribution >= 0.6 is 12.4 Å². The molecule has 2 aliphatic heterocycles. The first-order valence-corrected chi connectivity index (χ1v) is 8.98. The molecule has 25 heavy (non-hydrogen) atoms. The lowest BCUT2D eigenvalue weighted by atomic mass is 10.0. The van der Waals surface area contributed by atoms with Crippen LogP contribution in [0, 0.1) is 11.8 Å². The van der Waals surface area contributed by atoms with Crippen LogP contribution in [0.2, 0.25) is 0 Å². The Bertz CT molecular complexity index is 575. The molecule has 5 nitrogen and oxygen atoms in total. The number of likely N-dealkylation sites (tertiary alicyclic amines) is 1. The number of amides is 2. The van der Waals surface area contributed by atoms with Crippen molar-refractivity contribution >= 4 is 24.2 Å². The third-order valence-corrected chi connectivity index (χ3v) is 5.29. The average Bonchev–Trinajstić information content (AvgIpc) is 3.24. The van der Waals surface area contributed by atoms with Crippen LogP contribution in [0.15, 0.2) is 30.3 Å². The molecule has 1 aromatic carbocycles. The summed E-state index contributed by atoms with van der Waals surface area (Å²) in [5.41, 5.74) is 1.11. The van der Waals surface area contributed by atoms with Crippen LogP contribution in [0.3, 0.4) is 0 Å². The Morgan fingerprint density at radius 3 is 2.80 bits per heavy atom. The molecule has 2 aliphatic rings. The van der Waals surface area contributed by atoms with Gasteiger partial charge in [-0.2, -0.15) is 0 Å². The van der Waals surface area contributed by atoms with Crippen LogP contribution in [-0.2, 0) is 9.59 Å². The maximum absolute atomic E-state index is 12.4. The minimum Gasteiger partial charge on any atom is -0.356 e. The SMILES string of the molecule is CC(c1ccccc1)N1CC(C(=O)NCCC2CCNC2)CC1=O.Cl. The van der Waals surface area contributed by atoms with Gasteiger partial charge in [0.1, 0.15) is 0 Å². The van der Waals surface area contributed by atoms with Gasteiger partial charge >= 0.3 is 0 Å². The Balaban J connectivity index is 0.00000225. The molecule has 0 aliphatic carbocycles. The largest absolute Gasteiger partial charge is 0.356 e. The van der Waals surface area contributed by atoms with Crippen molar-refractivity contribution in [2.24, 2.45) is 11.8 Å². The number of hydrogen-bond donors (Lipinski definition) is 2. The molecule has 2 N–H and O–H groups in total. The summed E-state index contributed by atoms with van der Waals surface area (Å²) in [6.07, 6.45) is 2.54. The van der Waals surface area contributed by atoms with Gasteiger partial charge in [-0.3, -0.25) is 9.59 Å². The summed E-state index contributed by atoms with van der Waals surface area (Å²) in [5, 5.41) is 6.37. The summed E-state index contributed by atoms with van der Waals surface area (Å²) in [6.45, 7) is 5.40. The summed E-state index contributed by atoms with van der Waals surface area (Å²) in [6, 6.07) is 10.0. The molecule has 0 aromatic heterocycles. The fourth-order valence-electron chi connectivity index (χ4n) is 3.70. The first kappa shape index (κ1) is 19.7. The molecule has 0 saturated carbocycles. The molecule has 3 rings (SSSR count). The molecular weight excluding hydrogens is 338 g/mol. The van der Waals surface area contributed by atoms with Crippen LogP contribution in [0.5, 0.6) is 0 Å². The first-order chi connectivity index (χ1) is 11.6. The molecule has 3 unspecified atom stereocenters. The molecule has 2 fully saturated rings. The van der Waals surface area contributed by atoms with Gasteiger partial charge in [0.2, 0.25) is 11.8 Å². The molecule has 0 bridgehead atoms. The summed E-state index contributed by atoms with van der Waals surface area (Å²) < 4.78 is 0. The van der Waals surface area contributed by atoms with Gasteiger partial charge in [0.15, 0.2) is 0 Å². The maximum Gasteiger partial charge on any atom is 0.225 e. The fourth-order valence-corrected chi connectivity index (χ4v) is 3.70. The Kier molecular flexibility index (Phi) is 7.26. The summed E-state index contributed by atoms with van der Waals surface area (Å²) in [5.74, 6) is 0.555. The quantitative estimate of drug-likeness (QED) is 0.811. The highest BCUT2D eigenvalue weighted by Crippen LogP contribution is 2.28. The zero-order valence-corrected chi connectivity index (χ0v) is 15.6. The lowest BCUT2D eigenvalue weighted by Gasteiger charge is -2.25. The molecule has 2 amide bonds.